The molecular weight excluding hydrogens is 264 g/mol. The molecule has 0 radical (unpaired) electrons. The molecule has 2 heterocycles. The molecule has 0 aromatic heterocycles. The minimum absolute atomic E-state index is 0.156. The van der Waals surface area contributed by atoms with E-state index in [4.69, 9.17) is 4.74 Å². The fourth-order valence-corrected chi connectivity index (χ4v) is 3.36. The van der Waals surface area contributed by atoms with Gasteiger partial charge in [0.2, 0.25) is 0 Å². The van der Waals surface area contributed by atoms with Crippen molar-refractivity contribution in [2.75, 3.05) is 26.2 Å². The smallest absolute Gasteiger partial charge is 0.410 e. The van der Waals surface area contributed by atoms with Crippen molar-refractivity contribution in [1.82, 2.24) is 9.80 Å². The Morgan fingerprint density at radius 1 is 1.10 bits per heavy atom. The minimum atomic E-state index is -0.402. The maximum atomic E-state index is 12.1. The highest BCUT2D eigenvalue weighted by atomic mass is 16.6. The standard InChI is InChI=1S/C17H32N2O2/c1-14-6-10-19(11-7-14)17(5)8-12-18(13-9-17)15(20)21-16(2,3)4/h14H,6-13H2,1-5H3. The predicted molar refractivity (Wildman–Crippen MR) is 85.4 cm³/mol. The number of carbonyl (C=O) groups is 1. The van der Waals surface area contributed by atoms with Crippen LogP contribution in [0.25, 0.3) is 0 Å². The number of amides is 1. The van der Waals surface area contributed by atoms with Crippen LogP contribution in [0.3, 0.4) is 0 Å². The summed E-state index contributed by atoms with van der Waals surface area (Å²) in [6, 6.07) is 0. The second-order valence-electron chi connectivity index (χ2n) is 8.13. The van der Waals surface area contributed by atoms with Crippen molar-refractivity contribution in [3.8, 4) is 0 Å². The topological polar surface area (TPSA) is 32.8 Å². The summed E-state index contributed by atoms with van der Waals surface area (Å²) >= 11 is 0. The van der Waals surface area contributed by atoms with Gasteiger partial charge in [0.1, 0.15) is 5.60 Å². The van der Waals surface area contributed by atoms with Gasteiger partial charge in [0.05, 0.1) is 0 Å². The Labute approximate surface area is 129 Å². The molecule has 2 rings (SSSR count). The lowest BCUT2D eigenvalue weighted by Gasteiger charge is -2.49. The van der Waals surface area contributed by atoms with Gasteiger partial charge in [0.15, 0.2) is 0 Å². The van der Waals surface area contributed by atoms with Crippen molar-refractivity contribution in [2.45, 2.75) is 71.4 Å². The first-order chi connectivity index (χ1) is 9.70. The molecule has 0 bridgehead atoms. The van der Waals surface area contributed by atoms with Crippen molar-refractivity contribution in [3.05, 3.63) is 0 Å². The Balaban J connectivity index is 1.86. The number of ether oxygens (including phenoxy) is 1. The zero-order valence-corrected chi connectivity index (χ0v) is 14.4. The van der Waals surface area contributed by atoms with E-state index >= 15 is 0 Å². The van der Waals surface area contributed by atoms with Crippen LogP contribution in [0.5, 0.6) is 0 Å². The van der Waals surface area contributed by atoms with E-state index in [-0.39, 0.29) is 11.6 Å². The van der Waals surface area contributed by atoms with E-state index in [0.29, 0.717) is 0 Å². The molecule has 0 aliphatic carbocycles. The molecule has 0 spiro atoms. The molecule has 0 saturated carbocycles. The molecule has 0 aromatic rings. The molecule has 4 nitrogen and oxygen atoms in total. The third-order valence-electron chi connectivity index (χ3n) is 5.04. The molecule has 0 atom stereocenters. The molecule has 2 saturated heterocycles. The van der Waals surface area contributed by atoms with Crippen LogP contribution in [0.4, 0.5) is 4.79 Å². The molecule has 0 N–H and O–H groups in total. The molecule has 2 aliphatic rings. The summed E-state index contributed by atoms with van der Waals surface area (Å²) in [7, 11) is 0. The van der Waals surface area contributed by atoms with E-state index in [9.17, 15) is 4.79 Å². The molecule has 2 fully saturated rings. The van der Waals surface area contributed by atoms with Gasteiger partial charge in [-0.15, -0.1) is 0 Å². The maximum absolute atomic E-state index is 12.1. The summed E-state index contributed by atoms with van der Waals surface area (Å²) in [4.78, 5) is 16.7. The van der Waals surface area contributed by atoms with Crippen molar-refractivity contribution in [1.29, 1.82) is 0 Å². The van der Waals surface area contributed by atoms with Crippen LogP contribution in [-0.4, -0.2) is 53.2 Å². The second-order valence-corrected chi connectivity index (χ2v) is 8.13. The highest BCUT2D eigenvalue weighted by molar-refractivity contribution is 5.68. The van der Waals surface area contributed by atoms with Crippen molar-refractivity contribution < 1.29 is 9.53 Å². The van der Waals surface area contributed by atoms with E-state index in [0.717, 1.165) is 31.8 Å². The number of hydrogen-bond donors (Lipinski definition) is 0. The Bertz CT molecular complexity index is 359. The molecule has 2 aliphatic heterocycles. The zero-order valence-electron chi connectivity index (χ0n) is 14.4. The Hall–Kier alpha value is -0.770. The van der Waals surface area contributed by atoms with Crippen molar-refractivity contribution in [3.63, 3.8) is 0 Å². The van der Waals surface area contributed by atoms with Gasteiger partial charge in [-0.1, -0.05) is 6.92 Å². The monoisotopic (exact) mass is 296 g/mol. The lowest BCUT2D eigenvalue weighted by molar-refractivity contribution is -0.00977. The number of rotatable bonds is 1. The number of nitrogens with zero attached hydrogens (tertiary/aromatic N) is 2. The minimum Gasteiger partial charge on any atom is -0.444 e. The molecule has 1 amide bonds. The maximum Gasteiger partial charge on any atom is 0.410 e. The molecule has 122 valence electrons. The van der Waals surface area contributed by atoms with Crippen LogP contribution >= 0.6 is 0 Å². The fraction of sp³-hybridized carbons (Fsp3) is 0.941. The van der Waals surface area contributed by atoms with Crippen LogP contribution < -0.4 is 0 Å². The highest BCUT2D eigenvalue weighted by Gasteiger charge is 2.38. The normalized spacial score (nSPS) is 24.9. The summed E-state index contributed by atoms with van der Waals surface area (Å²) in [5.74, 6) is 0.867. The van der Waals surface area contributed by atoms with Gasteiger partial charge in [0.25, 0.3) is 0 Å². The van der Waals surface area contributed by atoms with Crippen molar-refractivity contribution >= 4 is 6.09 Å². The fourth-order valence-electron chi connectivity index (χ4n) is 3.36. The van der Waals surface area contributed by atoms with Gasteiger partial charge in [-0.2, -0.15) is 0 Å². The van der Waals surface area contributed by atoms with Crippen molar-refractivity contribution in [2.24, 2.45) is 5.92 Å². The average Bonchev–Trinajstić information content (AvgIpc) is 2.38. The summed E-state index contributed by atoms with van der Waals surface area (Å²) in [6.45, 7) is 14.6. The van der Waals surface area contributed by atoms with Gasteiger partial charge in [-0.3, -0.25) is 4.90 Å². The third-order valence-corrected chi connectivity index (χ3v) is 5.04. The average molecular weight is 296 g/mol. The number of likely N-dealkylation sites (tertiary alicyclic amines) is 2. The summed E-state index contributed by atoms with van der Waals surface area (Å²) in [5, 5.41) is 0. The first kappa shape index (κ1) is 16.6. The molecular formula is C17H32N2O2. The van der Waals surface area contributed by atoms with Crippen LogP contribution in [-0.2, 0) is 4.74 Å². The quantitative estimate of drug-likeness (QED) is 0.742. The zero-order chi connectivity index (χ0) is 15.7. The number of piperidine rings is 2. The van der Waals surface area contributed by atoms with Gasteiger partial charge in [-0.25, -0.2) is 4.79 Å². The second kappa shape index (κ2) is 6.15. The number of carbonyl (C=O) groups excluding carboxylic acids is 1. The Morgan fingerprint density at radius 2 is 1.62 bits per heavy atom. The van der Waals surface area contributed by atoms with Crippen LogP contribution in [0, 0.1) is 5.92 Å². The Kier molecular flexibility index (Phi) is 4.86. The van der Waals surface area contributed by atoms with Crippen LogP contribution in [0.15, 0.2) is 0 Å². The van der Waals surface area contributed by atoms with Gasteiger partial charge in [0, 0.05) is 18.6 Å². The largest absolute Gasteiger partial charge is 0.444 e. The van der Waals surface area contributed by atoms with E-state index < -0.39 is 5.60 Å². The molecule has 21 heavy (non-hydrogen) atoms. The van der Waals surface area contributed by atoms with Gasteiger partial charge < -0.3 is 9.64 Å². The highest BCUT2D eigenvalue weighted by Crippen LogP contribution is 2.32. The molecule has 4 heteroatoms. The summed E-state index contributed by atoms with van der Waals surface area (Å²) in [6.07, 6.45) is 4.58. The van der Waals surface area contributed by atoms with E-state index in [1.807, 2.05) is 25.7 Å². The summed E-state index contributed by atoms with van der Waals surface area (Å²) < 4.78 is 5.48. The SMILES string of the molecule is CC1CCN(C2(C)CCN(C(=O)OC(C)(C)C)CC2)CC1. The molecule has 0 unspecified atom stereocenters. The van der Waals surface area contributed by atoms with E-state index in [2.05, 4.69) is 18.7 Å². The summed E-state index contributed by atoms with van der Waals surface area (Å²) in [5.41, 5.74) is -0.139. The number of hydrogen-bond acceptors (Lipinski definition) is 3. The first-order valence-corrected chi connectivity index (χ1v) is 8.43. The lowest BCUT2D eigenvalue weighted by Crippen LogP contribution is -2.56. The van der Waals surface area contributed by atoms with Crippen LogP contribution in [0.2, 0.25) is 0 Å². The first-order valence-electron chi connectivity index (χ1n) is 8.43. The van der Waals surface area contributed by atoms with Gasteiger partial charge >= 0.3 is 6.09 Å². The predicted octanol–water partition coefficient (Wildman–Crippen LogP) is 3.51. The molecule has 0 aromatic carbocycles. The van der Waals surface area contributed by atoms with Crippen LogP contribution in [0.1, 0.15) is 60.3 Å². The Morgan fingerprint density at radius 3 is 2.10 bits per heavy atom. The lowest BCUT2D eigenvalue weighted by atomic mass is 9.85. The van der Waals surface area contributed by atoms with E-state index in [1.54, 1.807) is 0 Å². The third kappa shape index (κ3) is 4.35. The van der Waals surface area contributed by atoms with Gasteiger partial charge in [-0.05, 0) is 72.4 Å². The van der Waals surface area contributed by atoms with E-state index in [1.165, 1.54) is 25.9 Å².